The van der Waals surface area contributed by atoms with E-state index in [1.54, 1.807) is 38.1 Å². The van der Waals surface area contributed by atoms with E-state index in [2.05, 4.69) is 0 Å². The van der Waals surface area contributed by atoms with Gasteiger partial charge in [0.05, 0.1) is 26.0 Å². The highest BCUT2D eigenvalue weighted by Crippen LogP contribution is 2.32. The predicted octanol–water partition coefficient (Wildman–Crippen LogP) is 4.46. The third-order valence-electron chi connectivity index (χ3n) is 5.01. The van der Waals surface area contributed by atoms with Crippen LogP contribution in [0.5, 0.6) is 0 Å². The van der Waals surface area contributed by atoms with E-state index in [1.807, 2.05) is 0 Å². The topological polar surface area (TPSA) is 141 Å². The molecule has 170 valence electrons. The first-order chi connectivity index (χ1) is 15.4. The highest BCUT2D eigenvalue weighted by Gasteiger charge is 2.34. The summed E-state index contributed by atoms with van der Waals surface area (Å²) in [5, 5.41) is 22.9. The number of benzene rings is 3. The maximum absolute atomic E-state index is 13.5. The molecule has 0 aliphatic rings. The number of anilines is 1. The Hall–Kier alpha value is -4.12. The van der Waals surface area contributed by atoms with Gasteiger partial charge in [-0.2, -0.15) is 4.31 Å². The van der Waals surface area contributed by atoms with Gasteiger partial charge < -0.3 is 0 Å². The average molecular weight is 469 g/mol. The van der Waals surface area contributed by atoms with Crippen molar-refractivity contribution in [2.24, 2.45) is 0 Å². The monoisotopic (exact) mass is 469 g/mol. The summed E-state index contributed by atoms with van der Waals surface area (Å²) in [5.41, 5.74) is -0.488. The Balaban J connectivity index is 2.27. The van der Waals surface area contributed by atoms with Crippen molar-refractivity contribution in [3.05, 3.63) is 103 Å². The summed E-state index contributed by atoms with van der Waals surface area (Å²) in [6.45, 7) is 4.73. The van der Waals surface area contributed by atoms with Crippen LogP contribution in [0.3, 0.4) is 0 Å². The van der Waals surface area contributed by atoms with E-state index in [0.29, 0.717) is 4.31 Å². The zero-order chi connectivity index (χ0) is 24.5. The maximum Gasteiger partial charge on any atom is 0.279 e. The SMILES string of the molecule is Cc1ccc(N(C(=O)c2cc([N+](=O)[O-])c(C)c([N+](=O)[O-])c2)S(=O)(=O)c2ccc(C)cc2)cc1. The van der Waals surface area contributed by atoms with Crippen LogP contribution in [-0.4, -0.2) is 24.2 Å². The van der Waals surface area contributed by atoms with Crippen LogP contribution in [0.2, 0.25) is 0 Å². The Morgan fingerprint density at radius 1 is 0.788 bits per heavy atom. The second-order valence-electron chi connectivity index (χ2n) is 7.38. The minimum atomic E-state index is -4.46. The number of hydrogen-bond acceptors (Lipinski definition) is 7. The minimum absolute atomic E-state index is 0.0166. The zero-order valence-corrected chi connectivity index (χ0v) is 18.7. The van der Waals surface area contributed by atoms with Gasteiger partial charge in [0, 0.05) is 12.1 Å². The second-order valence-corrected chi connectivity index (χ2v) is 9.16. The van der Waals surface area contributed by atoms with Crippen molar-refractivity contribution in [1.29, 1.82) is 0 Å². The van der Waals surface area contributed by atoms with E-state index in [-0.39, 0.29) is 16.1 Å². The molecule has 0 unspecified atom stereocenters. The van der Waals surface area contributed by atoms with Crippen LogP contribution in [0.1, 0.15) is 27.0 Å². The van der Waals surface area contributed by atoms with Crippen molar-refractivity contribution in [2.75, 3.05) is 4.31 Å². The molecule has 0 heterocycles. The lowest BCUT2D eigenvalue weighted by atomic mass is 10.1. The van der Waals surface area contributed by atoms with Crippen LogP contribution in [0, 0.1) is 41.0 Å². The molecule has 0 fully saturated rings. The van der Waals surface area contributed by atoms with Crippen molar-refractivity contribution in [3.8, 4) is 0 Å². The van der Waals surface area contributed by atoms with Crippen LogP contribution in [0.25, 0.3) is 0 Å². The van der Waals surface area contributed by atoms with Gasteiger partial charge in [-0.15, -0.1) is 0 Å². The van der Waals surface area contributed by atoms with Gasteiger partial charge in [0.15, 0.2) is 0 Å². The number of carbonyl (C=O) groups is 1. The van der Waals surface area contributed by atoms with Gasteiger partial charge in [-0.3, -0.25) is 25.0 Å². The minimum Gasteiger partial charge on any atom is -0.268 e. The quantitative estimate of drug-likeness (QED) is 0.383. The number of carbonyl (C=O) groups excluding carboxylic acids is 1. The van der Waals surface area contributed by atoms with Gasteiger partial charge in [0.1, 0.15) is 5.56 Å². The molecule has 3 aromatic carbocycles. The number of hydrogen-bond donors (Lipinski definition) is 0. The first-order valence-electron chi connectivity index (χ1n) is 9.60. The van der Waals surface area contributed by atoms with Crippen molar-refractivity contribution in [3.63, 3.8) is 0 Å². The van der Waals surface area contributed by atoms with Crippen molar-refractivity contribution in [2.45, 2.75) is 25.7 Å². The number of nitro groups is 2. The van der Waals surface area contributed by atoms with Crippen molar-refractivity contribution in [1.82, 2.24) is 0 Å². The van der Waals surface area contributed by atoms with Gasteiger partial charge in [-0.05, 0) is 45.0 Å². The second kappa shape index (κ2) is 8.79. The number of sulfonamides is 1. The summed E-state index contributed by atoms with van der Waals surface area (Å²) in [6.07, 6.45) is 0. The summed E-state index contributed by atoms with van der Waals surface area (Å²) in [4.78, 5) is 34.5. The third-order valence-corrected chi connectivity index (χ3v) is 6.73. The molecule has 0 saturated heterocycles. The fourth-order valence-corrected chi connectivity index (χ4v) is 4.58. The molecule has 0 radical (unpaired) electrons. The maximum atomic E-state index is 13.5. The summed E-state index contributed by atoms with van der Waals surface area (Å²) in [5.74, 6) is -1.16. The number of aryl methyl sites for hydroxylation is 2. The lowest BCUT2D eigenvalue weighted by Gasteiger charge is -2.23. The molecule has 33 heavy (non-hydrogen) atoms. The van der Waals surface area contributed by atoms with E-state index >= 15 is 0 Å². The molecule has 0 atom stereocenters. The molecule has 1 amide bonds. The summed E-state index contributed by atoms with van der Waals surface area (Å²) in [6, 6.07) is 13.5. The van der Waals surface area contributed by atoms with E-state index in [1.165, 1.54) is 31.2 Å². The number of nitrogens with zero attached hydrogens (tertiary/aromatic N) is 3. The number of nitro benzene ring substituents is 2. The first kappa shape index (κ1) is 23.5. The Morgan fingerprint density at radius 2 is 1.21 bits per heavy atom. The molecule has 0 spiro atoms. The van der Waals surface area contributed by atoms with E-state index in [0.717, 1.165) is 23.3 Å². The smallest absolute Gasteiger partial charge is 0.268 e. The molecule has 3 rings (SSSR count). The average Bonchev–Trinajstić information content (AvgIpc) is 2.75. The summed E-state index contributed by atoms with van der Waals surface area (Å²) >= 11 is 0. The van der Waals surface area contributed by atoms with Gasteiger partial charge >= 0.3 is 0 Å². The lowest BCUT2D eigenvalue weighted by Crippen LogP contribution is -2.37. The molecule has 10 nitrogen and oxygen atoms in total. The predicted molar refractivity (Wildman–Crippen MR) is 121 cm³/mol. The zero-order valence-electron chi connectivity index (χ0n) is 17.9. The highest BCUT2D eigenvalue weighted by molar-refractivity contribution is 7.93. The lowest BCUT2D eigenvalue weighted by molar-refractivity contribution is -0.395. The van der Waals surface area contributed by atoms with Crippen LogP contribution >= 0.6 is 0 Å². The fraction of sp³-hybridized carbons (Fsp3) is 0.136. The molecule has 0 bridgehead atoms. The molecule has 11 heteroatoms. The van der Waals surface area contributed by atoms with E-state index < -0.39 is 42.7 Å². The van der Waals surface area contributed by atoms with Crippen LogP contribution in [0.4, 0.5) is 17.1 Å². The van der Waals surface area contributed by atoms with Gasteiger partial charge in [-0.25, -0.2) is 8.42 Å². The summed E-state index contributed by atoms with van der Waals surface area (Å²) < 4.78 is 27.5. The molecule has 0 saturated carbocycles. The third kappa shape index (κ3) is 4.58. The fourth-order valence-electron chi connectivity index (χ4n) is 3.16. The molecular formula is C22H19N3O7S. The normalized spacial score (nSPS) is 11.1. The van der Waals surface area contributed by atoms with Gasteiger partial charge in [0.2, 0.25) is 0 Å². The molecule has 0 aliphatic carbocycles. The van der Waals surface area contributed by atoms with Gasteiger partial charge in [-0.1, -0.05) is 35.4 Å². The molecular weight excluding hydrogens is 450 g/mol. The molecule has 0 aromatic heterocycles. The van der Waals surface area contributed by atoms with Crippen molar-refractivity contribution >= 4 is 33.0 Å². The van der Waals surface area contributed by atoms with Crippen molar-refractivity contribution < 1.29 is 23.1 Å². The van der Waals surface area contributed by atoms with Crippen LogP contribution < -0.4 is 4.31 Å². The molecule has 0 aliphatic heterocycles. The first-order valence-corrected chi connectivity index (χ1v) is 11.0. The Bertz CT molecular complexity index is 1330. The van der Waals surface area contributed by atoms with Gasteiger partial charge in [0.25, 0.3) is 27.3 Å². The van der Waals surface area contributed by atoms with Crippen LogP contribution in [-0.2, 0) is 10.0 Å². The molecule has 3 aromatic rings. The van der Waals surface area contributed by atoms with E-state index in [9.17, 15) is 33.4 Å². The standard InChI is InChI=1S/C22H19N3O7S/c1-14-4-8-18(9-5-14)23(33(31,32)19-10-6-15(2)7-11-19)22(26)17-12-20(24(27)28)16(3)21(13-17)25(29)30/h4-13H,1-3H3. The Kier molecular flexibility index (Phi) is 6.27. The van der Waals surface area contributed by atoms with Crippen LogP contribution in [0.15, 0.2) is 65.6 Å². The summed E-state index contributed by atoms with van der Waals surface area (Å²) in [7, 11) is -4.46. The Morgan fingerprint density at radius 3 is 1.64 bits per heavy atom. The number of amides is 1. The number of rotatable bonds is 6. The molecule has 0 N–H and O–H groups in total. The van der Waals surface area contributed by atoms with E-state index in [4.69, 9.17) is 0 Å². The highest BCUT2D eigenvalue weighted by atomic mass is 32.2. The largest absolute Gasteiger partial charge is 0.279 e. The Labute approximate surface area is 189 Å².